The highest BCUT2D eigenvalue weighted by atomic mass is 127. The summed E-state index contributed by atoms with van der Waals surface area (Å²) >= 11 is 5.63. The molecule has 3 nitrogen and oxygen atoms in total. The van der Waals surface area contributed by atoms with E-state index in [4.69, 9.17) is 0 Å². The minimum atomic E-state index is -0.509. The number of aromatic nitrogens is 2. The van der Waals surface area contributed by atoms with Gasteiger partial charge in [-0.25, -0.2) is 4.68 Å². The molecule has 1 heterocycles. The smallest absolute Gasteiger partial charge is 0.0782 e. The van der Waals surface area contributed by atoms with Gasteiger partial charge in [-0.15, -0.1) is 0 Å². The molecule has 84 valence electrons. The number of nitrogens with zero attached hydrogens (tertiary/aromatic N) is 2. The van der Waals surface area contributed by atoms with E-state index in [1.54, 1.807) is 17.8 Å². The molecule has 0 spiro atoms. The van der Waals surface area contributed by atoms with Gasteiger partial charge in [0.15, 0.2) is 0 Å². The monoisotopic (exact) mass is 392 g/mol. The van der Waals surface area contributed by atoms with Crippen LogP contribution in [-0.2, 0) is 0 Å². The van der Waals surface area contributed by atoms with Crippen molar-refractivity contribution in [1.29, 1.82) is 0 Å². The Morgan fingerprint density at radius 3 is 2.81 bits per heavy atom. The average molecular weight is 393 g/mol. The van der Waals surface area contributed by atoms with Crippen LogP contribution in [-0.4, -0.2) is 14.9 Å². The Labute approximate surface area is 116 Å². The van der Waals surface area contributed by atoms with E-state index in [9.17, 15) is 5.11 Å². The first-order valence-corrected chi connectivity index (χ1v) is 6.63. The van der Waals surface area contributed by atoms with Crippen molar-refractivity contribution in [2.75, 3.05) is 0 Å². The fraction of sp³-hybridized carbons (Fsp3) is 0.182. The van der Waals surface area contributed by atoms with Gasteiger partial charge in [-0.3, -0.25) is 0 Å². The third-order valence-electron chi connectivity index (χ3n) is 2.24. The van der Waals surface area contributed by atoms with E-state index < -0.39 is 6.10 Å². The second kappa shape index (κ2) is 4.85. The molecular formula is C11H10BrIN2O. The van der Waals surface area contributed by atoms with Gasteiger partial charge in [0.25, 0.3) is 0 Å². The number of halogens is 2. The first kappa shape index (κ1) is 12.1. The molecule has 2 rings (SSSR count). The number of hydrogen-bond donors (Lipinski definition) is 1. The Morgan fingerprint density at radius 2 is 2.25 bits per heavy atom. The number of rotatable bonds is 2. The Kier molecular flexibility index (Phi) is 3.66. The molecule has 0 aliphatic carbocycles. The molecule has 0 aliphatic rings. The van der Waals surface area contributed by atoms with Crippen molar-refractivity contribution in [3.8, 4) is 5.69 Å². The lowest BCUT2D eigenvalue weighted by Crippen LogP contribution is -2.03. The average Bonchev–Trinajstić information content (AvgIpc) is 2.64. The highest BCUT2D eigenvalue weighted by molar-refractivity contribution is 14.1. The Morgan fingerprint density at radius 1 is 1.50 bits per heavy atom. The van der Waals surface area contributed by atoms with Crippen molar-refractivity contribution in [3.05, 3.63) is 44.2 Å². The third-order valence-corrected chi connectivity index (χ3v) is 3.29. The molecular weight excluding hydrogens is 383 g/mol. The van der Waals surface area contributed by atoms with E-state index in [1.165, 1.54) is 0 Å². The summed E-state index contributed by atoms with van der Waals surface area (Å²) in [6.45, 7) is 1.75. The molecule has 1 aromatic carbocycles. The first-order chi connectivity index (χ1) is 7.58. The van der Waals surface area contributed by atoms with E-state index in [1.807, 2.05) is 24.4 Å². The molecule has 1 atom stereocenters. The Balaban J connectivity index is 2.57. The van der Waals surface area contributed by atoms with Crippen LogP contribution in [0.25, 0.3) is 5.69 Å². The number of benzene rings is 1. The molecule has 0 amide bonds. The molecule has 5 heteroatoms. The van der Waals surface area contributed by atoms with Gasteiger partial charge in [-0.1, -0.05) is 22.0 Å². The zero-order valence-electron chi connectivity index (χ0n) is 8.56. The highest BCUT2D eigenvalue weighted by Gasteiger charge is 2.10. The lowest BCUT2D eigenvalue weighted by molar-refractivity contribution is 0.199. The second-order valence-electron chi connectivity index (χ2n) is 3.48. The minimum Gasteiger partial charge on any atom is -0.389 e. The van der Waals surface area contributed by atoms with Crippen LogP contribution in [0.3, 0.4) is 0 Å². The summed E-state index contributed by atoms with van der Waals surface area (Å²) in [5.41, 5.74) is 1.76. The summed E-state index contributed by atoms with van der Waals surface area (Å²) in [6.07, 6.45) is 3.20. The molecule has 2 aromatic rings. The molecule has 0 saturated carbocycles. The Hall–Kier alpha value is -0.400. The van der Waals surface area contributed by atoms with Gasteiger partial charge in [0.05, 0.1) is 21.6 Å². The lowest BCUT2D eigenvalue weighted by atomic mass is 10.1. The summed E-state index contributed by atoms with van der Waals surface area (Å²) in [5.74, 6) is 0. The standard InChI is InChI=1S/C11H10BrIN2O/c1-7(16)10-3-2-8(12)4-11(10)15-6-9(13)5-14-15/h2-7,16H,1H3. The van der Waals surface area contributed by atoms with Crippen LogP contribution in [0.1, 0.15) is 18.6 Å². The van der Waals surface area contributed by atoms with E-state index in [-0.39, 0.29) is 0 Å². The Bertz CT molecular complexity index is 510. The van der Waals surface area contributed by atoms with Gasteiger partial charge in [0.2, 0.25) is 0 Å². The van der Waals surface area contributed by atoms with Crippen molar-refractivity contribution in [2.45, 2.75) is 13.0 Å². The van der Waals surface area contributed by atoms with E-state index in [0.29, 0.717) is 0 Å². The van der Waals surface area contributed by atoms with Crippen LogP contribution in [0.5, 0.6) is 0 Å². The molecule has 0 fully saturated rings. The summed E-state index contributed by atoms with van der Waals surface area (Å²) < 4.78 is 3.81. The van der Waals surface area contributed by atoms with Crippen molar-refractivity contribution < 1.29 is 5.11 Å². The van der Waals surface area contributed by atoms with Gasteiger partial charge in [-0.05, 0) is 41.6 Å². The van der Waals surface area contributed by atoms with Crippen LogP contribution in [0, 0.1) is 3.57 Å². The van der Waals surface area contributed by atoms with Crippen molar-refractivity contribution >= 4 is 38.5 Å². The first-order valence-electron chi connectivity index (χ1n) is 4.76. The molecule has 0 saturated heterocycles. The van der Waals surface area contributed by atoms with Crippen LogP contribution < -0.4 is 0 Å². The quantitative estimate of drug-likeness (QED) is 0.796. The van der Waals surface area contributed by atoms with Gasteiger partial charge >= 0.3 is 0 Å². The minimum absolute atomic E-state index is 0.509. The van der Waals surface area contributed by atoms with Gasteiger partial charge in [0, 0.05) is 16.2 Å². The van der Waals surface area contributed by atoms with Crippen molar-refractivity contribution in [2.24, 2.45) is 0 Å². The molecule has 1 aromatic heterocycles. The number of aliphatic hydroxyl groups excluding tert-OH is 1. The van der Waals surface area contributed by atoms with Gasteiger partial charge < -0.3 is 5.11 Å². The molecule has 0 aliphatic heterocycles. The predicted octanol–water partition coefficient (Wildman–Crippen LogP) is 3.29. The molecule has 1 N–H and O–H groups in total. The highest BCUT2D eigenvalue weighted by Crippen LogP contribution is 2.25. The van der Waals surface area contributed by atoms with E-state index >= 15 is 0 Å². The van der Waals surface area contributed by atoms with Crippen LogP contribution in [0.2, 0.25) is 0 Å². The van der Waals surface area contributed by atoms with E-state index in [2.05, 4.69) is 43.6 Å². The lowest BCUT2D eigenvalue weighted by Gasteiger charge is -2.12. The predicted molar refractivity (Wildman–Crippen MR) is 74.6 cm³/mol. The second-order valence-corrected chi connectivity index (χ2v) is 5.64. The van der Waals surface area contributed by atoms with E-state index in [0.717, 1.165) is 19.3 Å². The topological polar surface area (TPSA) is 38.0 Å². The maximum atomic E-state index is 9.71. The van der Waals surface area contributed by atoms with Crippen molar-refractivity contribution in [3.63, 3.8) is 0 Å². The van der Waals surface area contributed by atoms with Crippen molar-refractivity contribution in [1.82, 2.24) is 9.78 Å². The van der Waals surface area contributed by atoms with Crippen LogP contribution in [0.4, 0.5) is 0 Å². The number of hydrogen-bond acceptors (Lipinski definition) is 2. The summed E-state index contributed by atoms with van der Waals surface area (Å²) in [7, 11) is 0. The molecule has 16 heavy (non-hydrogen) atoms. The maximum absolute atomic E-state index is 9.71. The van der Waals surface area contributed by atoms with Crippen LogP contribution >= 0.6 is 38.5 Å². The largest absolute Gasteiger partial charge is 0.389 e. The van der Waals surface area contributed by atoms with Gasteiger partial charge in [-0.2, -0.15) is 5.10 Å². The molecule has 0 bridgehead atoms. The fourth-order valence-electron chi connectivity index (χ4n) is 1.50. The summed E-state index contributed by atoms with van der Waals surface area (Å²) in [5, 5.41) is 14.0. The summed E-state index contributed by atoms with van der Waals surface area (Å²) in [6, 6.07) is 5.77. The fourth-order valence-corrected chi connectivity index (χ4v) is 2.24. The summed E-state index contributed by atoms with van der Waals surface area (Å²) in [4.78, 5) is 0. The number of aliphatic hydroxyl groups is 1. The normalized spacial score (nSPS) is 12.8. The van der Waals surface area contributed by atoms with Crippen LogP contribution in [0.15, 0.2) is 35.1 Å². The van der Waals surface area contributed by atoms with Gasteiger partial charge in [0.1, 0.15) is 0 Å². The SMILES string of the molecule is CC(O)c1ccc(Br)cc1-n1cc(I)cn1. The molecule has 0 radical (unpaired) electrons. The zero-order chi connectivity index (χ0) is 11.7. The molecule has 1 unspecified atom stereocenters. The third kappa shape index (κ3) is 2.46. The maximum Gasteiger partial charge on any atom is 0.0782 e. The zero-order valence-corrected chi connectivity index (χ0v) is 12.3.